The van der Waals surface area contributed by atoms with Crippen LogP contribution >= 0.6 is 11.8 Å². The largest absolute Gasteiger partial charge is 0.388 e. The monoisotopic (exact) mass is 308 g/mol. The second-order valence-electron chi connectivity index (χ2n) is 5.89. The molecule has 0 spiro atoms. The number of aliphatic hydroxyl groups excluding tert-OH is 1. The van der Waals surface area contributed by atoms with Crippen molar-refractivity contribution in [2.24, 2.45) is 5.92 Å². The van der Waals surface area contributed by atoms with E-state index in [0.717, 1.165) is 44.0 Å². The molecule has 3 nitrogen and oxygen atoms in total. The molecule has 1 aromatic rings. The molecule has 118 valence electrons. The summed E-state index contributed by atoms with van der Waals surface area (Å²) in [4.78, 5) is 3.73. The Kier molecular flexibility index (Phi) is 7.04. The molecule has 0 amide bonds. The summed E-state index contributed by atoms with van der Waals surface area (Å²) in [5, 5.41) is 13.9. The quantitative estimate of drug-likeness (QED) is 0.759. The van der Waals surface area contributed by atoms with Gasteiger partial charge >= 0.3 is 0 Å². The zero-order valence-corrected chi connectivity index (χ0v) is 14.0. The molecule has 1 fully saturated rings. The van der Waals surface area contributed by atoms with E-state index in [1.165, 1.54) is 11.3 Å². The lowest BCUT2D eigenvalue weighted by atomic mass is 9.97. The van der Waals surface area contributed by atoms with Crippen molar-refractivity contribution < 1.29 is 5.11 Å². The van der Waals surface area contributed by atoms with Gasteiger partial charge in [-0.1, -0.05) is 26.0 Å². The van der Waals surface area contributed by atoms with Crippen LogP contribution in [-0.4, -0.2) is 48.5 Å². The summed E-state index contributed by atoms with van der Waals surface area (Å²) < 4.78 is 0. The van der Waals surface area contributed by atoms with Gasteiger partial charge in [0.2, 0.25) is 0 Å². The highest BCUT2D eigenvalue weighted by Gasteiger charge is 2.20. The van der Waals surface area contributed by atoms with E-state index in [-0.39, 0.29) is 12.0 Å². The van der Waals surface area contributed by atoms with Crippen LogP contribution in [0.1, 0.15) is 31.9 Å². The number of nitrogens with one attached hydrogen (secondary N) is 1. The van der Waals surface area contributed by atoms with Crippen LogP contribution in [0.25, 0.3) is 0 Å². The number of hydrogen-bond acceptors (Lipinski definition) is 4. The first-order valence-electron chi connectivity index (χ1n) is 8.04. The molecular formula is C17H28N2OS. The van der Waals surface area contributed by atoms with Gasteiger partial charge in [-0.3, -0.25) is 0 Å². The van der Waals surface area contributed by atoms with E-state index in [4.69, 9.17) is 0 Å². The maximum atomic E-state index is 10.5. The molecule has 2 rings (SSSR count). The number of piperazine rings is 1. The van der Waals surface area contributed by atoms with Crippen molar-refractivity contribution in [2.45, 2.75) is 31.3 Å². The Labute approximate surface area is 133 Å². The molecule has 2 atom stereocenters. The number of hydrogen-bond donors (Lipinski definition) is 2. The molecule has 0 saturated carbocycles. The third-order valence-corrected chi connectivity index (χ3v) is 5.21. The van der Waals surface area contributed by atoms with Gasteiger partial charge in [0.1, 0.15) is 0 Å². The van der Waals surface area contributed by atoms with Gasteiger partial charge in [0.25, 0.3) is 0 Å². The normalized spacial score (nSPS) is 19.4. The van der Waals surface area contributed by atoms with Crippen molar-refractivity contribution in [3.63, 3.8) is 0 Å². The number of aliphatic hydroxyl groups is 1. The molecule has 0 bridgehead atoms. The van der Waals surface area contributed by atoms with Crippen molar-refractivity contribution in [3.05, 3.63) is 29.8 Å². The Balaban J connectivity index is 1.87. The highest BCUT2D eigenvalue weighted by Crippen LogP contribution is 2.26. The minimum absolute atomic E-state index is 0.261. The molecule has 4 heteroatoms. The lowest BCUT2D eigenvalue weighted by Crippen LogP contribution is -2.45. The fraction of sp³-hybridized carbons (Fsp3) is 0.647. The molecular weight excluding hydrogens is 280 g/mol. The van der Waals surface area contributed by atoms with E-state index in [2.05, 4.69) is 48.3 Å². The second kappa shape index (κ2) is 8.79. The van der Waals surface area contributed by atoms with Gasteiger partial charge in [0.05, 0.1) is 6.10 Å². The third-order valence-electron chi connectivity index (χ3n) is 3.99. The van der Waals surface area contributed by atoms with Crippen molar-refractivity contribution in [1.29, 1.82) is 0 Å². The van der Waals surface area contributed by atoms with E-state index in [1.807, 2.05) is 11.8 Å². The lowest BCUT2D eigenvalue weighted by molar-refractivity contribution is 0.0842. The molecule has 21 heavy (non-hydrogen) atoms. The van der Waals surface area contributed by atoms with Crippen LogP contribution in [0.4, 0.5) is 0 Å². The number of nitrogens with zero attached hydrogens (tertiary/aromatic N) is 1. The molecule has 0 radical (unpaired) electrons. The Morgan fingerprint density at radius 1 is 1.24 bits per heavy atom. The Morgan fingerprint density at radius 3 is 2.52 bits per heavy atom. The molecule has 0 aromatic heterocycles. The van der Waals surface area contributed by atoms with Gasteiger partial charge in [0.15, 0.2) is 0 Å². The maximum absolute atomic E-state index is 10.5. The molecule has 1 heterocycles. The fourth-order valence-electron chi connectivity index (χ4n) is 2.71. The van der Waals surface area contributed by atoms with E-state index >= 15 is 0 Å². The fourth-order valence-corrected chi connectivity index (χ4v) is 3.48. The summed E-state index contributed by atoms with van der Waals surface area (Å²) in [7, 11) is 0. The van der Waals surface area contributed by atoms with Crippen molar-refractivity contribution >= 4 is 11.8 Å². The zero-order valence-electron chi connectivity index (χ0n) is 13.2. The number of rotatable bonds is 7. The summed E-state index contributed by atoms with van der Waals surface area (Å²) in [6.45, 7) is 9.61. The standard InChI is InChI=1S/C17H28N2OS/c1-3-12-21-16-6-4-15(5-7-16)17(20)14(2)13-19-10-8-18-9-11-19/h4-7,14,17-18,20H,3,8-13H2,1-2H3. The zero-order chi connectivity index (χ0) is 15.1. The molecule has 1 aliphatic rings. The summed E-state index contributed by atoms with van der Waals surface area (Å²) in [5.41, 5.74) is 1.04. The Hall–Kier alpha value is -0.550. The summed E-state index contributed by atoms with van der Waals surface area (Å²) >= 11 is 1.88. The molecule has 2 unspecified atom stereocenters. The molecule has 1 aliphatic heterocycles. The first kappa shape index (κ1) is 16.8. The SMILES string of the molecule is CCCSc1ccc(C(O)C(C)CN2CCNCC2)cc1. The predicted octanol–water partition coefficient (Wildman–Crippen LogP) is 2.76. The first-order valence-corrected chi connectivity index (χ1v) is 9.03. The van der Waals surface area contributed by atoms with Crippen LogP contribution in [0.5, 0.6) is 0 Å². The van der Waals surface area contributed by atoms with Crippen LogP contribution < -0.4 is 5.32 Å². The number of thioether (sulfide) groups is 1. The average molecular weight is 308 g/mol. The van der Waals surface area contributed by atoms with Gasteiger partial charge in [0, 0.05) is 37.6 Å². The average Bonchev–Trinajstić information content (AvgIpc) is 2.53. The van der Waals surface area contributed by atoms with E-state index in [1.54, 1.807) is 0 Å². The van der Waals surface area contributed by atoms with Crippen molar-refractivity contribution in [2.75, 3.05) is 38.5 Å². The van der Waals surface area contributed by atoms with Crippen LogP contribution in [-0.2, 0) is 0 Å². The van der Waals surface area contributed by atoms with Crippen LogP contribution in [0.3, 0.4) is 0 Å². The van der Waals surface area contributed by atoms with E-state index < -0.39 is 0 Å². The lowest BCUT2D eigenvalue weighted by Gasteiger charge is -2.31. The topological polar surface area (TPSA) is 35.5 Å². The van der Waals surface area contributed by atoms with E-state index in [9.17, 15) is 5.11 Å². The smallest absolute Gasteiger partial charge is 0.0827 e. The van der Waals surface area contributed by atoms with Crippen molar-refractivity contribution in [1.82, 2.24) is 10.2 Å². The second-order valence-corrected chi connectivity index (χ2v) is 7.06. The third kappa shape index (κ3) is 5.29. The summed E-state index contributed by atoms with van der Waals surface area (Å²) in [5.74, 6) is 1.42. The van der Waals surface area contributed by atoms with Gasteiger partial charge in [-0.2, -0.15) is 0 Å². The van der Waals surface area contributed by atoms with Gasteiger partial charge in [-0.05, 0) is 35.8 Å². The molecule has 1 saturated heterocycles. The highest BCUT2D eigenvalue weighted by molar-refractivity contribution is 7.99. The van der Waals surface area contributed by atoms with Crippen LogP contribution in [0.2, 0.25) is 0 Å². The molecule has 1 aromatic carbocycles. The van der Waals surface area contributed by atoms with Gasteiger partial charge in [-0.25, -0.2) is 0 Å². The maximum Gasteiger partial charge on any atom is 0.0827 e. The Morgan fingerprint density at radius 2 is 1.90 bits per heavy atom. The van der Waals surface area contributed by atoms with Crippen molar-refractivity contribution in [3.8, 4) is 0 Å². The van der Waals surface area contributed by atoms with Gasteiger partial charge < -0.3 is 15.3 Å². The van der Waals surface area contributed by atoms with Gasteiger partial charge in [-0.15, -0.1) is 11.8 Å². The minimum Gasteiger partial charge on any atom is -0.388 e. The summed E-state index contributed by atoms with van der Waals surface area (Å²) in [6.07, 6.45) is 0.821. The highest BCUT2D eigenvalue weighted by atomic mass is 32.2. The molecule has 0 aliphatic carbocycles. The predicted molar refractivity (Wildman–Crippen MR) is 90.9 cm³/mol. The van der Waals surface area contributed by atoms with E-state index in [0.29, 0.717) is 0 Å². The first-order chi connectivity index (χ1) is 10.2. The van der Waals surface area contributed by atoms with Crippen LogP contribution in [0, 0.1) is 5.92 Å². The summed E-state index contributed by atoms with van der Waals surface area (Å²) in [6, 6.07) is 8.43. The minimum atomic E-state index is -0.370. The Bertz CT molecular complexity index is 404. The number of benzene rings is 1. The molecule has 2 N–H and O–H groups in total. The van der Waals surface area contributed by atoms with Crippen LogP contribution in [0.15, 0.2) is 29.2 Å².